The van der Waals surface area contributed by atoms with Gasteiger partial charge in [-0.3, -0.25) is 4.68 Å². The van der Waals surface area contributed by atoms with Gasteiger partial charge in [0.15, 0.2) is 5.82 Å². The fraction of sp³-hybridized carbons (Fsp3) is 0.136. The summed E-state index contributed by atoms with van der Waals surface area (Å²) in [7, 11) is 2.00. The van der Waals surface area contributed by atoms with Gasteiger partial charge in [-0.15, -0.1) is 0 Å². The second-order valence-corrected chi connectivity index (χ2v) is 7.95. The molecule has 2 aromatic carbocycles. The largest absolute Gasteiger partial charge is 0.320 e. The monoisotopic (exact) mass is 419 g/mol. The predicted octanol–water partition coefficient (Wildman–Crippen LogP) is 5.65. The fourth-order valence-electron chi connectivity index (χ4n) is 2.99. The van der Waals surface area contributed by atoms with E-state index in [0.29, 0.717) is 10.6 Å². The number of aromatic nitrogens is 4. The van der Waals surface area contributed by atoms with Crippen molar-refractivity contribution in [3.8, 4) is 28.8 Å². The molecule has 0 saturated carbocycles. The van der Waals surface area contributed by atoms with Crippen LogP contribution in [0.5, 0.6) is 0 Å². The number of aryl methyl sites for hydroxylation is 1. The van der Waals surface area contributed by atoms with Crippen molar-refractivity contribution in [1.82, 2.24) is 19.3 Å². The van der Waals surface area contributed by atoms with E-state index in [1.807, 2.05) is 72.5 Å². The third-order valence-corrected chi connectivity index (χ3v) is 5.97. The Morgan fingerprint density at radius 2 is 1.79 bits per heavy atom. The SMILES string of the molecule is CCn1ccc(-c2nc(-c3ccc(C#N)cc3)c(Sc3ccc(Cl)cc3)n2C)n1. The van der Waals surface area contributed by atoms with Gasteiger partial charge in [0.1, 0.15) is 16.4 Å². The average molecular weight is 420 g/mol. The summed E-state index contributed by atoms with van der Waals surface area (Å²) in [4.78, 5) is 5.99. The van der Waals surface area contributed by atoms with E-state index >= 15 is 0 Å². The highest BCUT2D eigenvalue weighted by Crippen LogP contribution is 2.38. The third kappa shape index (κ3) is 3.93. The van der Waals surface area contributed by atoms with Crippen LogP contribution < -0.4 is 0 Å². The van der Waals surface area contributed by atoms with Crippen LogP contribution in [0, 0.1) is 11.3 Å². The molecule has 2 aromatic heterocycles. The topological polar surface area (TPSA) is 59.4 Å². The van der Waals surface area contributed by atoms with Crippen molar-refractivity contribution >= 4 is 23.4 Å². The van der Waals surface area contributed by atoms with E-state index in [9.17, 15) is 0 Å². The highest BCUT2D eigenvalue weighted by atomic mass is 35.5. The molecule has 0 aliphatic rings. The van der Waals surface area contributed by atoms with Gasteiger partial charge in [-0.25, -0.2) is 4.98 Å². The Hall–Kier alpha value is -3.01. The molecule has 7 heteroatoms. The van der Waals surface area contributed by atoms with Gasteiger partial charge in [-0.2, -0.15) is 10.4 Å². The van der Waals surface area contributed by atoms with Crippen molar-refractivity contribution in [2.24, 2.45) is 7.05 Å². The fourth-order valence-corrected chi connectivity index (χ4v) is 4.10. The van der Waals surface area contributed by atoms with Crippen molar-refractivity contribution in [2.45, 2.75) is 23.4 Å². The average Bonchev–Trinajstić information content (AvgIpc) is 3.35. The van der Waals surface area contributed by atoms with Crippen molar-refractivity contribution in [1.29, 1.82) is 5.26 Å². The molecular weight excluding hydrogens is 402 g/mol. The Bertz CT molecular complexity index is 1180. The number of benzene rings is 2. The Morgan fingerprint density at radius 1 is 1.07 bits per heavy atom. The molecule has 4 aromatic rings. The van der Waals surface area contributed by atoms with Crippen LogP contribution in [-0.4, -0.2) is 19.3 Å². The quantitative estimate of drug-likeness (QED) is 0.419. The molecule has 2 heterocycles. The highest BCUT2D eigenvalue weighted by molar-refractivity contribution is 7.99. The Balaban J connectivity index is 1.83. The van der Waals surface area contributed by atoms with Crippen molar-refractivity contribution < 1.29 is 0 Å². The van der Waals surface area contributed by atoms with Crippen LogP contribution in [0.1, 0.15) is 12.5 Å². The maximum absolute atomic E-state index is 9.10. The van der Waals surface area contributed by atoms with Crippen LogP contribution in [-0.2, 0) is 13.6 Å². The first kappa shape index (κ1) is 19.3. The summed E-state index contributed by atoms with van der Waals surface area (Å²) in [6, 6.07) is 19.4. The third-order valence-electron chi connectivity index (χ3n) is 4.55. The molecule has 0 N–H and O–H groups in total. The Labute approximate surface area is 178 Å². The Kier molecular flexibility index (Phi) is 5.43. The molecule has 0 spiro atoms. The lowest BCUT2D eigenvalue weighted by atomic mass is 10.1. The molecule has 0 aliphatic heterocycles. The van der Waals surface area contributed by atoms with Gasteiger partial charge in [0.2, 0.25) is 0 Å². The number of nitrogens with zero attached hydrogens (tertiary/aromatic N) is 5. The summed E-state index contributed by atoms with van der Waals surface area (Å²) in [5.74, 6) is 0.799. The van der Waals surface area contributed by atoms with E-state index in [4.69, 9.17) is 21.8 Å². The molecule has 0 aliphatic carbocycles. The molecule has 29 heavy (non-hydrogen) atoms. The van der Waals surface area contributed by atoms with Gasteiger partial charge >= 0.3 is 0 Å². The van der Waals surface area contributed by atoms with Crippen molar-refractivity contribution in [2.75, 3.05) is 0 Å². The minimum absolute atomic E-state index is 0.624. The zero-order chi connectivity index (χ0) is 20.4. The molecule has 4 rings (SSSR count). The summed E-state index contributed by atoms with van der Waals surface area (Å²) >= 11 is 7.66. The number of nitriles is 1. The minimum atomic E-state index is 0.624. The lowest BCUT2D eigenvalue weighted by Gasteiger charge is -2.07. The second-order valence-electron chi connectivity index (χ2n) is 6.45. The van der Waals surface area contributed by atoms with Crippen molar-refractivity contribution in [3.63, 3.8) is 0 Å². The van der Waals surface area contributed by atoms with Gasteiger partial charge in [-0.1, -0.05) is 35.5 Å². The maximum atomic E-state index is 9.10. The van der Waals surface area contributed by atoms with Crippen LogP contribution in [0.4, 0.5) is 0 Å². The molecule has 5 nitrogen and oxygen atoms in total. The lowest BCUT2D eigenvalue weighted by Crippen LogP contribution is -1.98. The molecular formula is C22H18ClN5S. The number of imidazole rings is 1. The molecule has 0 unspecified atom stereocenters. The number of hydrogen-bond acceptors (Lipinski definition) is 4. The summed E-state index contributed by atoms with van der Waals surface area (Å²) in [6.45, 7) is 2.86. The van der Waals surface area contributed by atoms with Crippen LogP contribution in [0.2, 0.25) is 5.02 Å². The van der Waals surface area contributed by atoms with E-state index in [0.717, 1.165) is 39.2 Å². The molecule has 144 valence electrons. The van der Waals surface area contributed by atoms with Gasteiger partial charge in [0.25, 0.3) is 0 Å². The minimum Gasteiger partial charge on any atom is -0.320 e. The predicted molar refractivity (Wildman–Crippen MR) is 116 cm³/mol. The first-order chi connectivity index (χ1) is 14.1. The molecule has 0 atom stereocenters. The highest BCUT2D eigenvalue weighted by Gasteiger charge is 2.20. The first-order valence-corrected chi connectivity index (χ1v) is 10.3. The van der Waals surface area contributed by atoms with Crippen LogP contribution in [0.15, 0.2) is 70.7 Å². The van der Waals surface area contributed by atoms with Crippen LogP contribution in [0.25, 0.3) is 22.8 Å². The first-order valence-electron chi connectivity index (χ1n) is 9.13. The maximum Gasteiger partial charge on any atom is 0.161 e. The number of rotatable bonds is 5. The van der Waals surface area contributed by atoms with Gasteiger partial charge in [-0.05, 0) is 49.4 Å². The van der Waals surface area contributed by atoms with E-state index in [1.165, 1.54) is 0 Å². The number of hydrogen-bond donors (Lipinski definition) is 0. The van der Waals surface area contributed by atoms with E-state index in [1.54, 1.807) is 11.8 Å². The van der Waals surface area contributed by atoms with E-state index in [2.05, 4.69) is 22.7 Å². The van der Waals surface area contributed by atoms with E-state index < -0.39 is 0 Å². The molecule has 0 bridgehead atoms. The van der Waals surface area contributed by atoms with Gasteiger partial charge in [0, 0.05) is 35.3 Å². The molecule has 0 saturated heterocycles. The zero-order valence-electron chi connectivity index (χ0n) is 16.0. The van der Waals surface area contributed by atoms with Gasteiger partial charge < -0.3 is 4.57 Å². The molecule has 0 amide bonds. The summed E-state index contributed by atoms with van der Waals surface area (Å²) < 4.78 is 3.95. The van der Waals surface area contributed by atoms with E-state index in [-0.39, 0.29) is 0 Å². The van der Waals surface area contributed by atoms with Gasteiger partial charge in [0.05, 0.1) is 11.6 Å². The lowest BCUT2D eigenvalue weighted by molar-refractivity contribution is 0.659. The summed E-state index contributed by atoms with van der Waals surface area (Å²) in [5.41, 5.74) is 3.26. The summed E-state index contributed by atoms with van der Waals surface area (Å²) in [5, 5.41) is 15.4. The summed E-state index contributed by atoms with van der Waals surface area (Å²) in [6.07, 6.45) is 1.96. The second kappa shape index (κ2) is 8.16. The smallest absolute Gasteiger partial charge is 0.161 e. The molecule has 0 fully saturated rings. The zero-order valence-corrected chi connectivity index (χ0v) is 17.6. The standard InChI is InChI=1S/C22H18ClN5S/c1-3-28-13-12-19(26-28)21-25-20(16-6-4-15(14-24)5-7-16)22(27(21)2)29-18-10-8-17(23)9-11-18/h4-13H,3H2,1-2H3. The van der Waals surface area contributed by atoms with Crippen molar-refractivity contribution in [3.05, 3.63) is 71.4 Å². The normalized spacial score (nSPS) is 10.8. The van der Waals surface area contributed by atoms with Crippen LogP contribution in [0.3, 0.4) is 0 Å². The molecule has 0 radical (unpaired) electrons. The Morgan fingerprint density at radius 3 is 2.41 bits per heavy atom. The van der Waals surface area contributed by atoms with Crippen LogP contribution >= 0.6 is 23.4 Å². The number of halogens is 1.